The molecule has 188 valence electrons. The second-order valence-electron chi connectivity index (χ2n) is 10.0. The molecule has 35 heavy (non-hydrogen) atoms. The lowest BCUT2D eigenvalue weighted by atomic mass is 9.78. The third-order valence-corrected chi connectivity index (χ3v) is 6.34. The highest BCUT2D eigenvalue weighted by atomic mass is 16.5. The number of carbonyl (C=O) groups excluding carboxylic acids is 2. The number of hydrogen-bond acceptors (Lipinski definition) is 7. The number of nitrogens with one attached hydrogen (secondary N) is 1. The third kappa shape index (κ3) is 6.45. The highest BCUT2D eigenvalue weighted by Crippen LogP contribution is 2.38. The van der Waals surface area contributed by atoms with Crippen LogP contribution < -0.4 is 5.32 Å². The summed E-state index contributed by atoms with van der Waals surface area (Å²) in [6.07, 6.45) is 5.66. The van der Waals surface area contributed by atoms with Gasteiger partial charge in [-0.1, -0.05) is 50.2 Å². The van der Waals surface area contributed by atoms with Crippen LogP contribution in [0.5, 0.6) is 0 Å². The Balaban J connectivity index is 0.000000203. The minimum Gasteiger partial charge on any atom is -0.444 e. The van der Waals surface area contributed by atoms with Gasteiger partial charge in [0.05, 0.1) is 17.9 Å². The summed E-state index contributed by atoms with van der Waals surface area (Å²) >= 11 is 0. The van der Waals surface area contributed by atoms with Gasteiger partial charge in [-0.2, -0.15) is 0 Å². The van der Waals surface area contributed by atoms with E-state index < -0.39 is 5.92 Å². The quantitative estimate of drug-likeness (QED) is 0.499. The molecular weight excluding hydrogens is 444 g/mol. The summed E-state index contributed by atoms with van der Waals surface area (Å²) < 4.78 is 10.5. The van der Waals surface area contributed by atoms with Crippen molar-refractivity contribution in [2.75, 3.05) is 13.6 Å². The van der Waals surface area contributed by atoms with Gasteiger partial charge in [0.2, 0.25) is 5.91 Å². The monoisotopic (exact) mass is 480 g/mol. The first-order valence-corrected chi connectivity index (χ1v) is 12.0. The van der Waals surface area contributed by atoms with Gasteiger partial charge >= 0.3 is 0 Å². The Morgan fingerprint density at radius 3 is 2.49 bits per heavy atom. The van der Waals surface area contributed by atoms with E-state index in [2.05, 4.69) is 34.5 Å². The van der Waals surface area contributed by atoms with Crippen molar-refractivity contribution in [1.82, 2.24) is 20.4 Å². The van der Waals surface area contributed by atoms with Crippen molar-refractivity contribution in [3.63, 3.8) is 0 Å². The fourth-order valence-electron chi connectivity index (χ4n) is 4.27. The van der Waals surface area contributed by atoms with Crippen molar-refractivity contribution < 1.29 is 18.5 Å². The number of rotatable bonds is 6. The van der Waals surface area contributed by atoms with Gasteiger partial charge in [0, 0.05) is 24.2 Å². The first-order chi connectivity index (χ1) is 16.7. The number of benzene rings is 1. The number of nitrogens with zero attached hydrogens (tertiary/aromatic N) is 3. The minimum atomic E-state index is -0.413. The van der Waals surface area contributed by atoms with Crippen molar-refractivity contribution in [3.05, 3.63) is 59.9 Å². The van der Waals surface area contributed by atoms with E-state index in [1.54, 1.807) is 17.2 Å². The minimum absolute atomic E-state index is 0.0387. The maximum atomic E-state index is 12.9. The van der Waals surface area contributed by atoms with E-state index in [9.17, 15) is 9.59 Å². The van der Waals surface area contributed by atoms with Crippen LogP contribution in [0.3, 0.4) is 0 Å². The number of aryl methyl sites for hydroxylation is 1. The van der Waals surface area contributed by atoms with E-state index in [0.29, 0.717) is 18.3 Å². The molecule has 0 aliphatic carbocycles. The molecule has 1 aromatic carbocycles. The van der Waals surface area contributed by atoms with Gasteiger partial charge in [-0.25, -0.2) is 4.98 Å². The number of aldehydes is 1. The van der Waals surface area contributed by atoms with E-state index >= 15 is 0 Å². The standard InChI is InChI=1S/C15H22N2O3.C12H14N2O/c1-10-8-12(20-16-10)13(15(2,3)4)14(19)17-7-5-6-11(17)9-18;1-9(13-2)10-3-5-11(6-4-10)12-7-14-8-15-12/h8-9,11,13H,5-7H2,1-4H3;3-9,13H,1-2H3. The molecule has 0 radical (unpaired) electrons. The summed E-state index contributed by atoms with van der Waals surface area (Å²) in [5, 5.41) is 7.08. The fourth-order valence-corrected chi connectivity index (χ4v) is 4.27. The van der Waals surface area contributed by atoms with Gasteiger partial charge in [0.15, 0.2) is 12.2 Å². The number of carbonyl (C=O) groups is 2. The first-order valence-electron chi connectivity index (χ1n) is 12.0. The summed E-state index contributed by atoms with van der Waals surface area (Å²) in [6, 6.07) is 10.2. The van der Waals surface area contributed by atoms with Crippen LogP contribution in [0.25, 0.3) is 11.3 Å². The molecule has 4 rings (SSSR count). The highest BCUT2D eigenvalue weighted by molar-refractivity contribution is 5.86. The number of amides is 1. The molecule has 0 bridgehead atoms. The largest absolute Gasteiger partial charge is 0.444 e. The van der Waals surface area contributed by atoms with Crippen LogP contribution in [0, 0.1) is 12.3 Å². The molecule has 0 saturated carbocycles. The van der Waals surface area contributed by atoms with Crippen LogP contribution in [0.4, 0.5) is 0 Å². The molecule has 3 atom stereocenters. The Morgan fingerprint density at radius 2 is 1.97 bits per heavy atom. The van der Waals surface area contributed by atoms with Crippen LogP contribution in [-0.4, -0.2) is 46.9 Å². The van der Waals surface area contributed by atoms with Crippen molar-refractivity contribution in [1.29, 1.82) is 0 Å². The molecule has 3 heterocycles. The van der Waals surface area contributed by atoms with E-state index in [1.165, 1.54) is 12.0 Å². The molecule has 1 amide bonds. The number of likely N-dealkylation sites (tertiary alicyclic amines) is 1. The average Bonchev–Trinajstić information content (AvgIpc) is 3.60. The molecule has 0 spiro atoms. The Hall–Kier alpha value is -3.26. The molecule has 3 aromatic rings. The van der Waals surface area contributed by atoms with Gasteiger partial charge in [-0.15, -0.1) is 0 Å². The molecule has 1 aliphatic rings. The lowest BCUT2D eigenvalue weighted by Crippen LogP contribution is -2.43. The lowest BCUT2D eigenvalue weighted by molar-refractivity contribution is -0.138. The molecule has 3 unspecified atom stereocenters. The second kappa shape index (κ2) is 11.4. The Kier molecular flexibility index (Phi) is 8.62. The lowest BCUT2D eigenvalue weighted by Gasteiger charge is -2.32. The molecule has 1 saturated heterocycles. The zero-order valence-electron chi connectivity index (χ0n) is 21.4. The zero-order chi connectivity index (χ0) is 25.6. The van der Waals surface area contributed by atoms with Crippen molar-refractivity contribution in [3.8, 4) is 11.3 Å². The Bertz CT molecular complexity index is 1080. The Morgan fingerprint density at radius 1 is 1.26 bits per heavy atom. The number of hydrogen-bond donors (Lipinski definition) is 1. The molecule has 2 aromatic heterocycles. The number of aromatic nitrogens is 2. The van der Waals surface area contributed by atoms with Crippen LogP contribution in [0.1, 0.15) is 69.5 Å². The summed E-state index contributed by atoms with van der Waals surface area (Å²) in [6.45, 7) is 10.6. The van der Waals surface area contributed by atoms with Crippen molar-refractivity contribution >= 4 is 12.2 Å². The van der Waals surface area contributed by atoms with Gasteiger partial charge < -0.3 is 24.0 Å². The van der Waals surface area contributed by atoms with Crippen LogP contribution in [-0.2, 0) is 9.59 Å². The summed E-state index contributed by atoms with van der Waals surface area (Å²) in [4.78, 5) is 29.5. The molecular formula is C27H36N4O4. The van der Waals surface area contributed by atoms with E-state index in [-0.39, 0.29) is 17.4 Å². The first kappa shape index (κ1) is 26.3. The van der Waals surface area contributed by atoms with E-state index in [0.717, 1.165) is 36.1 Å². The normalized spacial score (nSPS) is 17.4. The smallest absolute Gasteiger partial charge is 0.234 e. The van der Waals surface area contributed by atoms with Gasteiger partial charge in [-0.05, 0) is 44.7 Å². The summed E-state index contributed by atoms with van der Waals surface area (Å²) in [7, 11) is 1.95. The van der Waals surface area contributed by atoms with Crippen LogP contribution >= 0.6 is 0 Å². The molecule has 8 nitrogen and oxygen atoms in total. The van der Waals surface area contributed by atoms with Gasteiger partial charge in [0.25, 0.3) is 0 Å². The van der Waals surface area contributed by atoms with E-state index in [1.807, 2.05) is 46.9 Å². The van der Waals surface area contributed by atoms with Gasteiger partial charge in [-0.3, -0.25) is 4.79 Å². The highest BCUT2D eigenvalue weighted by Gasteiger charge is 2.41. The molecule has 1 fully saturated rings. The van der Waals surface area contributed by atoms with Gasteiger partial charge in [0.1, 0.15) is 18.0 Å². The maximum Gasteiger partial charge on any atom is 0.234 e. The zero-order valence-corrected chi connectivity index (χ0v) is 21.4. The van der Waals surface area contributed by atoms with Crippen LogP contribution in [0.15, 0.2) is 51.9 Å². The second-order valence-corrected chi connectivity index (χ2v) is 10.0. The molecule has 1 N–H and O–H groups in total. The predicted octanol–water partition coefficient (Wildman–Crippen LogP) is 4.92. The summed E-state index contributed by atoms with van der Waals surface area (Å²) in [5.41, 5.74) is 2.79. The SMILES string of the molecule is CNC(C)c1ccc(-c2cnco2)cc1.Cc1cc(C(C(=O)N2CCCC2C=O)C(C)(C)C)on1. The molecule has 1 aliphatic heterocycles. The average molecular weight is 481 g/mol. The fraction of sp³-hybridized carbons (Fsp3) is 0.481. The van der Waals surface area contributed by atoms with Crippen molar-refractivity contribution in [2.24, 2.45) is 5.41 Å². The van der Waals surface area contributed by atoms with E-state index in [4.69, 9.17) is 8.94 Å². The van der Waals surface area contributed by atoms with Crippen LogP contribution in [0.2, 0.25) is 0 Å². The summed E-state index contributed by atoms with van der Waals surface area (Å²) in [5.74, 6) is 0.933. The maximum absolute atomic E-state index is 12.9. The third-order valence-electron chi connectivity index (χ3n) is 6.34. The number of oxazole rings is 1. The topological polar surface area (TPSA) is 101 Å². The Labute approximate surface area is 207 Å². The predicted molar refractivity (Wildman–Crippen MR) is 134 cm³/mol. The molecule has 8 heteroatoms. The van der Waals surface area contributed by atoms with Crippen molar-refractivity contribution in [2.45, 2.75) is 65.5 Å².